The number of hydrogen-bond acceptors (Lipinski definition) is 1. The van der Waals surface area contributed by atoms with Crippen molar-refractivity contribution in [1.82, 2.24) is 0 Å². The third-order valence-corrected chi connectivity index (χ3v) is 3.19. The molecule has 1 aromatic rings. The van der Waals surface area contributed by atoms with Crippen molar-refractivity contribution in [2.75, 3.05) is 0 Å². The second-order valence-corrected chi connectivity index (χ2v) is 6.49. The molecule has 2 heteroatoms. The SMILES string of the molecule is CC(C)(C)c1cc(I)cc(OC2CC2)c1. The van der Waals surface area contributed by atoms with Crippen molar-refractivity contribution in [3.05, 3.63) is 27.3 Å². The zero-order valence-electron chi connectivity index (χ0n) is 9.51. The fourth-order valence-corrected chi connectivity index (χ4v) is 2.08. The van der Waals surface area contributed by atoms with Gasteiger partial charge in [0.2, 0.25) is 0 Å². The molecule has 15 heavy (non-hydrogen) atoms. The molecule has 1 saturated carbocycles. The number of ether oxygens (including phenoxy) is 1. The minimum absolute atomic E-state index is 0.197. The van der Waals surface area contributed by atoms with Crippen molar-refractivity contribution < 1.29 is 4.74 Å². The first-order valence-corrected chi connectivity index (χ1v) is 6.51. The van der Waals surface area contributed by atoms with Crippen LogP contribution in [-0.2, 0) is 5.41 Å². The van der Waals surface area contributed by atoms with Crippen molar-refractivity contribution >= 4 is 22.6 Å². The molecule has 0 bridgehead atoms. The number of halogens is 1. The van der Waals surface area contributed by atoms with E-state index < -0.39 is 0 Å². The molecule has 0 heterocycles. The monoisotopic (exact) mass is 316 g/mol. The van der Waals surface area contributed by atoms with Crippen LogP contribution in [0.15, 0.2) is 18.2 Å². The van der Waals surface area contributed by atoms with Gasteiger partial charge in [-0.25, -0.2) is 0 Å². The number of benzene rings is 1. The molecule has 0 unspecified atom stereocenters. The van der Waals surface area contributed by atoms with Crippen LogP contribution >= 0.6 is 22.6 Å². The van der Waals surface area contributed by atoms with Crippen LogP contribution in [0.1, 0.15) is 39.2 Å². The van der Waals surface area contributed by atoms with Crippen molar-refractivity contribution in [1.29, 1.82) is 0 Å². The highest BCUT2D eigenvalue weighted by molar-refractivity contribution is 14.1. The summed E-state index contributed by atoms with van der Waals surface area (Å²) < 4.78 is 7.10. The van der Waals surface area contributed by atoms with E-state index in [9.17, 15) is 0 Å². The van der Waals surface area contributed by atoms with Crippen LogP contribution in [0.25, 0.3) is 0 Å². The van der Waals surface area contributed by atoms with Gasteiger partial charge in [0, 0.05) is 3.57 Å². The van der Waals surface area contributed by atoms with Gasteiger partial charge in [0.25, 0.3) is 0 Å². The second-order valence-electron chi connectivity index (χ2n) is 5.24. The summed E-state index contributed by atoms with van der Waals surface area (Å²) in [5.41, 5.74) is 1.55. The van der Waals surface area contributed by atoms with Crippen LogP contribution in [0.5, 0.6) is 5.75 Å². The largest absolute Gasteiger partial charge is 0.490 e. The minimum atomic E-state index is 0.197. The van der Waals surface area contributed by atoms with E-state index in [4.69, 9.17) is 4.74 Å². The van der Waals surface area contributed by atoms with Crippen LogP contribution in [0.2, 0.25) is 0 Å². The Labute approximate surface area is 105 Å². The fraction of sp³-hybridized carbons (Fsp3) is 0.538. The maximum Gasteiger partial charge on any atom is 0.121 e. The molecule has 2 rings (SSSR count). The average molecular weight is 316 g/mol. The lowest BCUT2D eigenvalue weighted by Crippen LogP contribution is -2.11. The Kier molecular flexibility index (Phi) is 2.97. The zero-order valence-corrected chi connectivity index (χ0v) is 11.7. The van der Waals surface area contributed by atoms with E-state index in [-0.39, 0.29) is 5.41 Å². The Balaban J connectivity index is 2.27. The first-order valence-electron chi connectivity index (χ1n) is 5.43. The average Bonchev–Trinajstić information content (AvgIpc) is 2.85. The van der Waals surface area contributed by atoms with Gasteiger partial charge in [-0.3, -0.25) is 0 Å². The highest BCUT2D eigenvalue weighted by atomic mass is 127. The Morgan fingerprint density at radius 1 is 1.20 bits per heavy atom. The summed E-state index contributed by atoms with van der Waals surface area (Å²) in [6.45, 7) is 6.71. The summed E-state index contributed by atoms with van der Waals surface area (Å²) in [4.78, 5) is 0. The van der Waals surface area contributed by atoms with E-state index >= 15 is 0 Å². The van der Waals surface area contributed by atoms with Crippen molar-refractivity contribution in [3.8, 4) is 5.75 Å². The zero-order chi connectivity index (χ0) is 11.1. The first-order chi connectivity index (χ1) is 6.95. The fourth-order valence-electron chi connectivity index (χ4n) is 1.44. The van der Waals surface area contributed by atoms with E-state index in [0.29, 0.717) is 6.10 Å². The number of hydrogen-bond donors (Lipinski definition) is 0. The Morgan fingerprint density at radius 3 is 2.40 bits per heavy atom. The normalized spacial score (nSPS) is 16.5. The van der Waals surface area contributed by atoms with E-state index in [1.807, 2.05) is 0 Å². The standard InChI is InChI=1S/C13H17IO/c1-13(2,3)9-6-10(14)8-12(7-9)15-11-4-5-11/h6-8,11H,4-5H2,1-3H3. The molecule has 0 atom stereocenters. The lowest BCUT2D eigenvalue weighted by Gasteiger charge is -2.20. The summed E-state index contributed by atoms with van der Waals surface area (Å²) in [5.74, 6) is 1.04. The van der Waals surface area contributed by atoms with Crippen LogP contribution in [-0.4, -0.2) is 6.10 Å². The highest BCUT2D eigenvalue weighted by Gasteiger charge is 2.24. The van der Waals surface area contributed by atoms with E-state index in [2.05, 4.69) is 61.6 Å². The van der Waals surface area contributed by atoms with Crippen LogP contribution < -0.4 is 4.74 Å². The molecule has 1 aliphatic rings. The maximum atomic E-state index is 5.84. The summed E-state index contributed by atoms with van der Waals surface area (Å²) in [6, 6.07) is 6.54. The first kappa shape index (κ1) is 11.2. The minimum Gasteiger partial charge on any atom is -0.490 e. The quantitative estimate of drug-likeness (QED) is 0.746. The molecule has 82 valence electrons. The van der Waals surface area contributed by atoms with Crippen LogP contribution in [0.4, 0.5) is 0 Å². The van der Waals surface area contributed by atoms with Crippen molar-refractivity contribution in [3.63, 3.8) is 0 Å². The van der Waals surface area contributed by atoms with E-state index in [0.717, 1.165) is 5.75 Å². The Hall–Kier alpha value is -0.250. The molecule has 1 aliphatic carbocycles. The molecule has 0 aliphatic heterocycles. The van der Waals surface area contributed by atoms with Gasteiger partial charge in [0.15, 0.2) is 0 Å². The lowest BCUT2D eigenvalue weighted by molar-refractivity contribution is 0.302. The van der Waals surface area contributed by atoms with Gasteiger partial charge in [0.1, 0.15) is 5.75 Å². The van der Waals surface area contributed by atoms with E-state index in [1.54, 1.807) is 0 Å². The molecule has 0 radical (unpaired) electrons. The summed E-state index contributed by atoms with van der Waals surface area (Å²) in [7, 11) is 0. The third kappa shape index (κ3) is 3.10. The van der Waals surface area contributed by atoms with Crippen molar-refractivity contribution in [2.24, 2.45) is 0 Å². The topological polar surface area (TPSA) is 9.23 Å². The highest BCUT2D eigenvalue weighted by Crippen LogP contribution is 2.32. The van der Waals surface area contributed by atoms with Crippen molar-refractivity contribution in [2.45, 2.75) is 45.1 Å². The Morgan fingerprint density at radius 2 is 1.87 bits per heavy atom. The number of rotatable bonds is 2. The van der Waals surface area contributed by atoms with Gasteiger partial charge >= 0.3 is 0 Å². The van der Waals surface area contributed by atoms with Gasteiger partial charge < -0.3 is 4.74 Å². The van der Waals surface area contributed by atoms with Gasteiger partial charge in [-0.2, -0.15) is 0 Å². The molecular formula is C13H17IO. The summed E-state index contributed by atoms with van der Waals surface area (Å²) >= 11 is 2.36. The lowest BCUT2D eigenvalue weighted by atomic mass is 9.87. The molecule has 1 fully saturated rings. The molecule has 1 nitrogen and oxygen atoms in total. The van der Waals surface area contributed by atoms with E-state index in [1.165, 1.54) is 22.0 Å². The van der Waals surface area contributed by atoms with Gasteiger partial charge in [-0.05, 0) is 64.6 Å². The predicted molar refractivity (Wildman–Crippen MR) is 71.5 cm³/mol. The second kappa shape index (κ2) is 3.96. The summed E-state index contributed by atoms with van der Waals surface area (Å²) in [6.07, 6.45) is 2.92. The van der Waals surface area contributed by atoms with Crippen LogP contribution in [0.3, 0.4) is 0 Å². The molecule has 0 N–H and O–H groups in total. The van der Waals surface area contributed by atoms with Crippen LogP contribution in [0, 0.1) is 3.57 Å². The molecule has 0 amide bonds. The smallest absolute Gasteiger partial charge is 0.121 e. The molecule has 0 saturated heterocycles. The third-order valence-electron chi connectivity index (χ3n) is 2.56. The predicted octanol–water partition coefficient (Wildman–Crippen LogP) is 4.13. The molecule has 1 aromatic carbocycles. The maximum absolute atomic E-state index is 5.84. The van der Waals surface area contributed by atoms with Gasteiger partial charge in [-0.15, -0.1) is 0 Å². The molecule has 0 aromatic heterocycles. The summed E-state index contributed by atoms with van der Waals surface area (Å²) in [5, 5.41) is 0. The van der Waals surface area contributed by atoms with Gasteiger partial charge in [0.05, 0.1) is 6.10 Å². The van der Waals surface area contributed by atoms with Gasteiger partial charge in [-0.1, -0.05) is 20.8 Å². The molecule has 0 spiro atoms. The molecular weight excluding hydrogens is 299 g/mol. The Bertz CT molecular complexity index is 361.